The molecule has 16 heavy (non-hydrogen) atoms. The van der Waals surface area contributed by atoms with E-state index in [1.165, 1.54) is 7.11 Å². The molecular formula is C10H13NO5. The summed E-state index contributed by atoms with van der Waals surface area (Å²) in [6.45, 7) is 3.45. The number of nitrogens with one attached hydrogen (secondary N) is 1. The van der Waals surface area contributed by atoms with Gasteiger partial charge < -0.3 is 14.8 Å². The summed E-state index contributed by atoms with van der Waals surface area (Å²) >= 11 is 0. The number of methoxy groups -OCH3 is 1. The SMILES string of the molecule is C=CC(=O)NCCOC(=O)/C=C/C(=O)OC. The predicted molar refractivity (Wildman–Crippen MR) is 55.3 cm³/mol. The molecule has 0 aromatic heterocycles. The van der Waals surface area contributed by atoms with Gasteiger partial charge >= 0.3 is 11.9 Å². The molecular weight excluding hydrogens is 214 g/mol. The van der Waals surface area contributed by atoms with E-state index in [-0.39, 0.29) is 19.1 Å². The first-order valence-corrected chi connectivity index (χ1v) is 4.43. The van der Waals surface area contributed by atoms with Crippen LogP contribution in [0.3, 0.4) is 0 Å². The fraction of sp³-hybridized carbons (Fsp3) is 0.300. The van der Waals surface area contributed by atoms with E-state index >= 15 is 0 Å². The third-order valence-corrected chi connectivity index (χ3v) is 1.39. The lowest BCUT2D eigenvalue weighted by molar-refractivity contribution is -0.139. The van der Waals surface area contributed by atoms with Crippen LogP contribution in [0.1, 0.15) is 0 Å². The van der Waals surface area contributed by atoms with Gasteiger partial charge in [0.05, 0.1) is 13.7 Å². The summed E-state index contributed by atoms with van der Waals surface area (Å²) in [4.78, 5) is 32.2. The summed E-state index contributed by atoms with van der Waals surface area (Å²) in [5, 5.41) is 2.41. The van der Waals surface area contributed by atoms with Gasteiger partial charge in [-0.05, 0) is 6.08 Å². The summed E-state index contributed by atoms with van der Waals surface area (Å²) in [6.07, 6.45) is 3.00. The van der Waals surface area contributed by atoms with Crippen molar-refractivity contribution in [3.8, 4) is 0 Å². The van der Waals surface area contributed by atoms with Crippen molar-refractivity contribution >= 4 is 17.8 Å². The first kappa shape index (κ1) is 13.9. The average Bonchev–Trinajstić information content (AvgIpc) is 2.31. The zero-order valence-corrected chi connectivity index (χ0v) is 8.89. The van der Waals surface area contributed by atoms with Crippen LogP contribution >= 0.6 is 0 Å². The fourth-order valence-electron chi connectivity index (χ4n) is 0.650. The van der Waals surface area contributed by atoms with E-state index in [0.29, 0.717) is 0 Å². The average molecular weight is 227 g/mol. The van der Waals surface area contributed by atoms with E-state index in [9.17, 15) is 14.4 Å². The molecule has 1 amide bonds. The molecule has 0 aliphatic rings. The van der Waals surface area contributed by atoms with Gasteiger partial charge in [0.25, 0.3) is 0 Å². The van der Waals surface area contributed by atoms with Crippen molar-refractivity contribution in [3.05, 3.63) is 24.8 Å². The molecule has 0 atom stereocenters. The molecule has 6 heteroatoms. The largest absolute Gasteiger partial charge is 0.466 e. The van der Waals surface area contributed by atoms with Crippen LogP contribution in [0.25, 0.3) is 0 Å². The Morgan fingerprint density at radius 2 is 1.88 bits per heavy atom. The quantitative estimate of drug-likeness (QED) is 0.378. The molecule has 0 aromatic rings. The van der Waals surface area contributed by atoms with Crippen molar-refractivity contribution in [3.63, 3.8) is 0 Å². The second kappa shape index (κ2) is 8.22. The normalized spacial score (nSPS) is 9.56. The van der Waals surface area contributed by atoms with E-state index in [1.807, 2.05) is 0 Å². The third-order valence-electron chi connectivity index (χ3n) is 1.39. The number of rotatable bonds is 6. The monoisotopic (exact) mass is 227 g/mol. The van der Waals surface area contributed by atoms with E-state index in [0.717, 1.165) is 18.2 Å². The van der Waals surface area contributed by atoms with Gasteiger partial charge in [-0.2, -0.15) is 0 Å². The van der Waals surface area contributed by atoms with Gasteiger partial charge in [-0.15, -0.1) is 0 Å². The Kier molecular flexibility index (Phi) is 7.14. The van der Waals surface area contributed by atoms with E-state index < -0.39 is 11.9 Å². The van der Waals surface area contributed by atoms with Crippen molar-refractivity contribution in [2.75, 3.05) is 20.3 Å². The zero-order valence-electron chi connectivity index (χ0n) is 8.89. The predicted octanol–water partition coefficient (Wildman–Crippen LogP) is -0.439. The smallest absolute Gasteiger partial charge is 0.331 e. The van der Waals surface area contributed by atoms with Crippen molar-refractivity contribution in [2.24, 2.45) is 0 Å². The molecule has 88 valence electrons. The number of esters is 2. The highest BCUT2D eigenvalue weighted by atomic mass is 16.5. The first-order valence-electron chi connectivity index (χ1n) is 4.43. The van der Waals surface area contributed by atoms with Crippen LogP contribution in [0.5, 0.6) is 0 Å². The van der Waals surface area contributed by atoms with Gasteiger partial charge in [0, 0.05) is 12.2 Å². The van der Waals surface area contributed by atoms with Crippen LogP contribution in [0.15, 0.2) is 24.8 Å². The number of ether oxygens (including phenoxy) is 2. The van der Waals surface area contributed by atoms with Gasteiger partial charge in [-0.3, -0.25) is 4.79 Å². The molecule has 0 radical (unpaired) electrons. The molecule has 0 rings (SSSR count). The second-order valence-corrected chi connectivity index (χ2v) is 2.52. The summed E-state index contributed by atoms with van der Waals surface area (Å²) in [6, 6.07) is 0. The Balaban J connectivity index is 3.66. The van der Waals surface area contributed by atoms with Crippen LogP contribution < -0.4 is 5.32 Å². The molecule has 1 N–H and O–H groups in total. The van der Waals surface area contributed by atoms with Crippen molar-refractivity contribution in [1.29, 1.82) is 0 Å². The molecule has 0 heterocycles. The number of carbonyl (C=O) groups is 3. The van der Waals surface area contributed by atoms with Gasteiger partial charge in [-0.1, -0.05) is 6.58 Å². The minimum absolute atomic E-state index is 0.0178. The summed E-state index contributed by atoms with van der Waals surface area (Å²) in [5.41, 5.74) is 0. The minimum Gasteiger partial charge on any atom is -0.466 e. The standard InChI is InChI=1S/C10H13NO5/c1-3-8(12)11-6-7-16-10(14)5-4-9(13)15-2/h3-5H,1,6-7H2,2H3,(H,11,12)/b5-4+. The van der Waals surface area contributed by atoms with Crippen LogP contribution in [-0.2, 0) is 23.9 Å². The Morgan fingerprint density at radius 1 is 1.25 bits per heavy atom. The highest BCUT2D eigenvalue weighted by Crippen LogP contribution is 1.83. The topological polar surface area (TPSA) is 81.7 Å². The first-order chi connectivity index (χ1) is 7.60. The molecule has 0 aromatic carbocycles. The zero-order chi connectivity index (χ0) is 12.4. The highest BCUT2D eigenvalue weighted by molar-refractivity contribution is 5.91. The molecule has 6 nitrogen and oxygen atoms in total. The maximum Gasteiger partial charge on any atom is 0.331 e. The highest BCUT2D eigenvalue weighted by Gasteiger charge is 1.99. The van der Waals surface area contributed by atoms with Crippen molar-refractivity contribution in [1.82, 2.24) is 5.32 Å². The summed E-state index contributed by atoms with van der Waals surface area (Å²) < 4.78 is 8.92. The van der Waals surface area contributed by atoms with Gasteiger partial charge in [0.2, 0.25) is 5.91 Å². The Hall–Kier alpha value is -2.11. The lowest BCUT2D eigenvalue weighted by atomic mass is 10.5. The van der Waals surface area contributed by atoms with Gasteiger partial charge in [0.15, 0.2) is 0 Å². The number of carbonyl (C=O) groups excluding carboxylic acids is 3. The minimum atomic E-state index is -0.682. The Morgan fingerprint density at radius 3 is 2.44 bits per heavy atom. The van der Waals surface area contributed by atoms with E-state index in [2.05, 4.69) is 21.4 Å². The lowest BCUT2D eigenvalue weighted by Gasteiger charge is -2.02. The van der Waals surface area contributed by atoms with Crippen LogP contribution in [0.2, 0.25) is 0 Å². The molecule has 0 fully saturated rings. The molecule has 0 saturated heterocycles. The number of hydrogen-bond donors (Lipinski definition) is 1. The number of hydrogen-bond acceptors (Lipinski definition) is 5. The van der Waals surface area contributed by atoms with Crippen molar-refractivity contribution in [2.45, 2.75) is 0 Å². The van der Waals surface area contributed by atoms with Crippen LogP contribution in [0, 0.1) is 0 Å². The van der Waals surface area contributed by atoms with E-state index in [1.54, 1.807) is 0 Å². The van der Waals surface area contributed by atoms with E-state index in [4.69, 9.17) is 0 Å². The fourth-order valence-corrected chi connectivity index (χ4v) is 0.650. The maximum absolute atomic E-state index is 10.9. The molecule has 0 aliphatic carbocycles. The van der Waals surface area contributed by atoms with Crippen molar-refractivity contribution < 1.29 is 23.9 Å². The maximum atomic E-state index is 10.9. The molecule has 0 unspecified atom stereocenters. The van der Waals surface area contributed by atoms with Gasteiger partial charge in [-0.25, -0.2) is 9.59 Å². The molecule has 0 spiro atoms. The summed E-state index contributed by atoms with van der Waals surface area (Å²) in [7, 11) is 1.20. The second-order valence-electron chi connectivity index (χ2n) is 2.52. The summed E-state index contributed by atoms with van der Waals surface area (Å²) in [5.74, 6) is -1.67. The van der Waals surface area contributed by atoms with Crippen LogP contribution in [0.4, 0.5) is 0 Å². The van der Waals surface area contributed by atoms with Gasteiger partial charge in [0.1, 0.15) is 6.61 Å². The van der Waals surface area contributed by atoms with Crippen LogP contribution in [-0.4, -0.2) is 38.1 Å². The molecule has 0 bridgehead atoms. The molecule has 0 saturated carbocycles. The Bertz CT molecular complexity index is 308. The lowest BCUT2D eigenvalue weighted by Crippen LogP contribution is -2.25. The molecule has 0 aliphatic heterocycles. The number of amides is 1. The third kappa shape index (κ3) is 7.31. The Labute approximate surface area is 92.9 Å².